The summed E-state index contributed by atoms with van der Waals surface area (Å²) in [5.74, 6) is 5.45. The number of hydrogen-bond acceptors (Lipinski definition) is 4. The first-order chi connectivity index (χ1) is 7.47. The van der Waals surface area contributed by atoms with Crippen molar-refractivity contribution in [2.75, 3.05) is 26.7 Å². The van der Waals surface area contributed by atoms with Crippen molar-refractivity contribution in [3.63, 3.8) is 0 Å². The molecule has 94 valence electrons. The molecule has 1 aliphatic rings. The molecular formula is C11H24N4O. The van der Waals surface area contributed by atoms with Crippen LogP contribution >= 0.6 is 0 Å². The number of likely N-dealkylation sites (N-methyl/N-ethyl adjacent to an activating group) is 1. The van der Waals surface area contributed by atoms with Crippen LogP contribution in [0.1, 0.15) is 20.8 Å². The number of carbonyl (C=O) groups is 1. The summed E-state index contributed by atoms with van der Waals surface area (Å²) in [5, 5.41) is 0. The van der Waals surface area contributed by atoms with Gasteiger partial charge >= 0.3 is 0 Å². The average Bonchev–Trinajstić information content (AvgIpc) is 2.21. The number of carbonyl (C=O) groups excluding carboxylic acids is 1. The number of nitrogens with zero attached hydrogens (tertiary/aromatic N) is 2. The van der Waals surface area contributed by atoms with E-state index >= 15 is 0 Å². The zero-order chi connectivity index (χ0) is 12.3. The fourth-order valence-electron chi connectivity index (χ4n) is 2.49. The van der Waals surface area contributed by atoms with Crippen molar-refractivity contribution in [2.45, 2.75) is 32.9 Å². The maximum absolute atomic E-state index is 11.8. The lowest BCUT2D eigenvalue weighted by molar-refractivity contribution is -0.130. The van der Waals surface area contributed by atoms with E-state index in [4.69, 9.17) is 5.84 Å². The Morgan fingerprint density at radius 1 is 1.44 bits per heavy atom. The van der Waals surface area contributed by atoms with Gasteiger partial charge in [-0.15, -0.1) is 0 Å². The lowest BCUT2D eigenvalue weighted by Gasteiger charge is -2.43. The number of amides is 1. The van der Waals surface area contributed by atoms with Crippen LogP contribution in [0.3, 0.4) is 0 Å². The molecule has 0 bridgehead atoms. The minimum atomic E-state index is -0.117. The van der Waals surface area contributed by atoms with Crippen LogP contribution in [0.4, 0.5) is 0 Å². The third-order valence-corrected chi connectivity index (χ3v) is 3.28. The first kappa shape index (κ1) is 13.4. The molecule has 0 radical (unpaired) electrons. The summed E-state index contributed by atoms with van der Waals surface area (Å²) in [6.07, 6.45) is 0. The molecule has 1 amide bonds. The maximum atomic E-state index is 11.8. The zero-order valence-electron chi connectivity index (χ0n) is 10.7. The van der Waals surface area contributed by atoms with Gasteiger partial charge in [-0.3, -0.25) is 15.1 Å². The summed E-state index contributed by atoms with van der Waals surface area (Å²) >= 11 is 0. The minimum absolute atomic E-state index is 0.0774. The summed E-state index contributed by atoms with van der Waals surface area (Å²) in [6, 6.07) is 0.275. The van der Waals surface area contributed by atoms with E-state index in [-0.39, 0.29) is 17.9 Å². The van der Waals surface area contributed by atoms with Gasteiger partial charge in [-0.05, 0) is 19.9 Å². The van der Waals surface area contributed by atoms with Crippen molar-refractivity contribution in [3.8, 4) is 0 Å². The van der Waals surface area contributed by atoms with Crippen LogP contribution in [0.2, 0.25) is 0 Å². The van der Waals surface area contributed by atoms with Crippen LogP contribution in [-0.2, 0) is 4.79 Å². The first-order valence-corrected chi connectivity index (χ1v) is 5.92. The average molecular weight is 228 g/mol. The van der Waals surface area contributed by atoms with Crippen molar-refractivity contribution in [3.05, 3.63) is 0 Å². The number of hydrazine groups is 1. The largest absolute Gasteiger partial charge is 0.304 e. The number of nitrogens with two attached hydrogens (primary N) is 1. The van der Waals surface area contributed by atoms with E-state index in [1.807, 2.05) is 0 Å². The highest BCUT2D eigenvalue weighted by molar-refractivity contribution is 5.81. The number of rotatable bonds is 3. The van der Waals surface area contributed by atoms with Gasteiger partial charge in [0.1, 0.15) is 0 Å². The first-order valence-electron chi connectivity index (χ1n) is 5.92. The fourth-order valence-corrected chi connectivity index (χ4v) is 2.49. The molecule has 1 saturated heterocycles. The Bertz CT molecular complexity index is 244. The highest BCUT2D eigenvalue weighted by Crippen LogP contribution is 2.17. The lowest BCUT2D eigenvalue weighted by atomic mass is 9.98. The molecule has 0 aromatic carbocycles. The molecule has 0 aromatic rings. The van der Waals surface area contributed by atoms with Crippen LogP contribution in [0.15, 0.2) is 0 Å². The SMILES string of the molecule is CC(C)C(C(=O)NN)N1CCN(C)CC1C. The Balaban J connectivity index is 2.74. The van der Waals surface area contributed by atoms with Crippen LogP contribution in [-0.4, -0.2) is 54.5 Å². The quantitative estimate of drug-likeness (QED) is 0.393. The second-order valence-corrected chi connectivity index (χ2v) is 5.05. The molecule has 0 saturated carbocycles. The fraction of sp³-hybridized carbons (Fsp3) is 0.909. The van der Waals surface area contributed by atoms with Gasteiger partial charge in [0, 0.05) is 25.7 Å². The molecule has 0 aliphatic carbocycles. The van der Waals surface area contributed by atoms with Crippen molar-refractivity contribution in [2.24, 2.45) is 11.8 Å². The topological polar surface area (TPSA) is 61.6 Å². The van der Waals surface area contributed by atoms with Crippen molar-refractivity contribution < 1.29 is 4.79 Å². The van der Waals surface area contributed by atoms with Crippen LogP contribution < -0.4 is 11.3 Å². The summed E-state index contributed by atoms with van der Waals surface area (Å²) in [4.78, 5) is 16.3. The van der Waals surface area contributed by atoms with Crippen molar-refractivity contribution in [1.29, 1.82) is 0 Å². The van der Waals surface area contributed by atoms with Gasteiger partial charge in [-0.1, -0.05) is 13.8 Å². The van der Waals surface area contributed by atoms with Crippen LogP contribution in [0, 0.1) is 5.92 Å². The number of nitrogens with one attached hydrogen (secondary N) is 1. The predicted molar refractivity (Wildman–Crippen MR) is 64.6 cm³/mol. The Kier molecular flexibility index (Phi) is 4.70. The van der Waals surface area contributed by atoms with E-state index in [1.165, 1.54) is 0 Å². The molecule has 1 rings (SSSR count). The maximum Gasteiger partial charge on any atom is 0.251 e. The highest BCUT2D eigenvalue weighted by atomic mass is 16.2. The summed E-state index contributed by atoms with van der Waals surface area (Å²) < 4.78 is 0. The van der Waals surface area contributed by atoms with E-state index in [1.54, 1.807) is 0 Å². The molecule has 1 aliphatic heterocycles. The summed E-state index contributed by atoms with van der Waals surface area (Å²) in [5.41, 5.74) is 2.28. The smallest absolute Gasteiger partial charge is 0.251 e. The van der Waals surface area contributed by atoms with E-state index < -0.39 is 0 Å². The molecule has 5 heteroatoms. The number of hydrogen-bond donors (Lipinski definition) is 2. The predicted octanol–water partition coefficient (Wildman–Crippen LogP) is -0.363. The van der Waals surface area contributed by atoms with E-state index in [2.05, 4.69) is 43.0 Å². The van der Waals surface area contributed by atoms with Gasteiger partial charge in [-0.25, -0.2) is 5.84 Å². The van der Waals surface area contributed by atoms with Gasteiger partial charge < -0.3 is 4.90 Å². The molecule has 2 unspecified atom stereocenters. The lowest BCUT2D eigenvalue weighted by Crippen LogP contribution is -2.60. The molecule has 0 spiro atoms. The standard InChI is InChI=1S/C11H24N4O/c1-8(2)10(11(16)13-12)15-6-5-14(4)7-9(15)3/h8-10H,5-7,12H2,1-4H3,(H,13,16). The monoisotopic (exact) mass is 228 g/mol. The Morgan fingerprint density at radius 3 is 2.50 bits per heavy atom. The van der Waals surface area contributed by atoms with Gasteiger partial charge in [0.25, 0.3) is 5.91 Å². The second-order valence-electron chi connectivity index (χ2n) is 5.05. The van der Waals surface area contributed by atoms with Gasteiger partial charge in [0.15, 0.2) is 0 Å². The van der Waals surface area contributed by atoms with E-state index in [9.17, 15) is 4.79 Å². The van der Waals surface area contributed by atoms with E-state index in [0.717, 1.165) is 19.6 Å². The van der Waals surface area contributed by atoms with Gasteiger partial charge in [0.2, 0.25) is 0 Å². The highest BCUT2D eigenvalue weighted by Gasteiger charge is 2.34. The molecule has 0 aromatic heterocycles. The second kappa shape index (κ2) is 5.61. The summed E-state index contributed by atoms with van der Waals surface area (Å²) in [7, 11) is 2.11. The van der Waals surface area contributed by atoms with E-state index in [0.29, 0.717) is 6.04 Å². The summed E-state index contributed by atoms with van der Waals surface area (Å²) in [6.45, 7) is 9.21. The van der Waals surface area contributed by atoms with Crippen LogP contribution in [0.5, 0.6) is 0 Å². The molecule has 2 atom stereocenters. The van der Waals surface area contributed by atoms with Gasteiger partial charge in [-0.2, -0.15) is 0 Å². The molecule has 5 nitrogen and oxygen atoms in total. The normalized spacial score (nSPS) is 25.8. The minimum Gasteiger partial charge on any atom is -0.304 e. The Labute approximate surface area is 97.9 Å². The van der Waals surface area contributed by atoms with Gasteiger partial charge in [0.05, 0.1) is 6.04 Å². The molecule has 3 N–H and O–H groups in total. The van der Waals surface area contributed by atoms with Crippen molar-refractivity contribution >= 4 is 5.91 Å². The Hall–Kier alpha value is -0.650. The Morgan fingerprint density at radius 2 is 2.06 bits per heavy atom. The zero-order valence-corrected chi connectivity index (χ0v) is 10.7. The third-order valence-electron chi connectivity index (χ3n) is 3.28. The molecule has 16 heavy (non-hydrogen) atoms. The molecule has 1 heterocycles. The number of piperazine rings is 1. The third kappa shape index (κ3) is 2.93. The molecular weight excluding hydrogens is 204 g/mol. The van der Waals surface area contributed by atoms with Crippen molar-refractivity contribution in [1.82, 2.24) is 15.2 Å². The van der Waals surface area contributed by atoms with Crippen LogP contribution in [0.25, 0.3) is 0 Å². The molecule has 1 fully saturated rings.